The van der Waals surface area contributed by atoms with E-state index in [-0.39, 0.29) is 12.1 Å². The maximum absolute atomic E-state index is 11.9. The van der Waals surface area contributed by atoms with Crippen molar-refractivity contribution in [2.24, 2.45) is 0 Å². The topological polar surface area (TPSA) is 69.6 Å². The summed E-state index contributed by atoms with van der Waals surface area (Å²) in [4.78, 5) is 24.4. The van der Waals surface area contributed by atoms with Gasteiger partial charge in [0, 0.05) is 12.6 Å². The Bertz CT molecular complexity index is 275. The summed E-state index contributed by atoms with van der Waals surface area (Å²) in [6.45, 7) is 4.04. The van der Waals surface area contributed by atoms with E-state index in [4.69, 9.17) is 5.11 Å². The van der Waals surface area contributed by atoms with Crippen molar-refractivity contribution in [3.05, 3.63) is 0 Å². The molecule has 5 nitrogen and oxygen atoms in total. The number of hydrogen-bond donors (Lipinski definition) is 2. The highest BCUT2D eigenvalue weighted by atomic mass is 16.4. The molecule has 98 valence electrons. The second kappa shape index (κ2) is 6.47. The van der Waals surface area contributed by atoms with E-state index in [1.807, 2.05) is 6.92 Å². The SMILES string of the molecule is CCN(C(=O)NC(C)C(=O)O)C1CCCCC1. The van der Waals surface area contributed by atoms with Crippen molar-refractivity contribution in [3.63, 3.8) is 0 Å². The fourth-order valence-electron chi connectivity index (χ4n) is 2.29. The van der Waals surface area contributed by atoms with Crippen molar-refractivity contribution in [1.29, 1.82) is 0 Å². The summed E-state index contributed by atoms with van der Waals surface area (Å²) < 4.78 is 0. The van der Waals surface area contributed by atoms with Crippen LogP contribution in [0, 0.1) is 0 Å². The zero-order chi connectivity index (χ0) is 12.8. The van der Waals surface area contributed by atoms with Crippen LogP contribution in [0.3, 0.4) is 0 Å². The van der Waals surface area contributed by atoms with Crippen LogP contribution in [0.1, 0.15) is 46.0 Å². The van der Waals surface area contributed by atoms with E-state index in [0.29, 0.717) is 6.54 Å². The minimum atomic E-state index is -1.00. The first-order valence-corrected chi connectivity index (χ1v) is 6.36. The van der Waals surface area contributed by atoms with Crippen LogP contribution >= 0.6 is 0 Å². The summed E-state index contributed by atoms with van der Waals surface area (Å²) >= 11 is 0. The molecule has 0 aromatic carbocycles. The predicted octanol–water partition coefficient (Wildman–Crippen LogP) is 1.82. The summed E-state index contributed by atoms with van der Waals surface area (Å²) in [6.07, 6.45) is 5.61. The van der Waals surface area contributed by atoms with E-state index in [1.54, 1.807) is 4.90 Å². The van der Waals surface area contributed by atoms with Gasteiger partial charge in [0.2, 0.25) is 0 Å². The third kappa shape index (κ3) is 3.91. The van der Waals surface area contributed by atoms with Crippen molar-refractivity contribution in [3.8, 4) is 0 Å². The number of nitrogens with zero attached hydrogens (tertiary/aromatic N) is 1. The van der Waals surface area contributed by atoms with E-state index in [2.05, 4.69) is 5.32 Å². The maximum atomic E-state index is 11.9. The quantitative estimate of drug-likeness (QED) is 0.790. The molecule has 1 fully saturated rings. The molecule has 5 heteroatoms. The molecular formula is C12H22N2O3. The molecule has 0 aromatic rings. The average Bonchev–Trinajstić information content (AvgIpc) is 2.31. The number of urea groups is 1. The molecule has 0 heterocycles. The molecule has 0 bridgehead atoms. The summed E-state index contributed by atoms with van der Waals surface area (Å²) in [6, 6.07) is -0.816. The molecule has 1 aliphatic rings. The van der Waals surface area contributed by atoms with Gasteiger partial charge in [-0.25, -0.2) is 4.79 Å². The van der Waals surface area contributed by atoms with Crippen LogP contribution in [0.25, 0.3) is 0 Å². The van der Waals surface area contributed by atoms with Crippen LogP contribution in [-0.4, -0.2) is 40.6 Å². The van der Waals surface area contributed by atoms with Crippen molar-refractivity contribution >= 4 is 12.0 Å². The van der Waals surface area contributed by atoms with E-state index in [0.717, 1.165) is 25.7 Å². The van der Waals surface area contributed by atoms with Crippen LogP contribution < -0.4 is 5.32 Å². The molecule has 0 aliphatic heterocycles. The number of rotatable bonds is 4. The molecule has 2 N–H and O–H groups in total. The lowest BCUT2D eigenvalue weighted by molar-refractivity contribution is -0.138. The van der Waals surface area contributed by atoms with Crippen molar-refractivity contribution in [2.75, 3.05) is 6.54 Å². The van der Waals surface area contributed by atoms with Crippen molar-refractivity contribution < 1.29 is 14.7 Å². The Morgan fingerprint density at radius 1 is 1.35 bits per heavy atom. The number of carboxylic acid groups (broad SMARTS) is 1. The summed E-state index contributed by atoms with van der Waals surface area (Å²) in [5, 5.41) is 11.3. The van der Waals surface area contributed by atoms with E-state index >= 15 is 0 Å². The molecule has 1 rings (SSSR count). The Labute approximate surface area is 102 Å². The van der Waals surface area contributed by atoms with Gasteiger partial charge in [-0.1, -0.05) is 19.3 Å². The van der Waals surface area contributed by atoms with Gasteiger partial charge < -0.3 is 15.3 Å². The maximum Gasteiger partial charge on any atom is 0.325 e. The number of nitrogens with one attached hydrogen (secondary N) is 1. The largest absolute Gasteiger partial charge is 0.480 e. The average molecular weight is 242 g/mol. The lowest BCUT2D eigenvalue weighted by Gasteiger charge is -2.34. The molecular weight excluding hydrogens is 220 g/mol. The number of carbonyl (C=O) groups excluding carboxylic acids is 1. The van der Waals surface area contributed by atoms with Gasteiger partial charge in [-0.05, 0) is 26.7 Å². The zero-order valence-corrected chi connectivity index (χ0v) is 10.6. The molecule has 0 radical (unpaired) electrons. The zero-order valence-electron chi connectivity index (χ0n) is 10.6. The molecule has 17 heavy (non-hydrogen) atoms. The third-order valence-corrected chi connectivity index (χ3v) is 3.33. The van der Waals surface area contributed by atoms with Gasteiger partial charge in [-0.3, -0.25) is 4.79 Å². The predicted molar refractivity (Wildman–Crippen MR) is 64.9 cm³/mol. The molecule has 0 aromatic heterocycles. The number of aliphatic carboxylic acids is 1. The lowest BCUT2D eigenvalue weighted by atomic mass is 9.94. The number of carbonyl (C=O) groups is 2. The molecule has 1 aliphatic carbocycles. The summed E-state index contributed by atoms with van der Waals surface area (Å²) in [7, 11) is 0. The lowest BCUT2D eigenvalue weighted by Crippen LogP contribution is -2.50. The summed E-state index contributed by atoms with van der Waals surface area (Å²) in [5.41, 5.74) is 0. The number of amides is 2. The van der Waals surface area contributed by atoms with E-state index in [1.165, 1.54) is 13.3 Å². The monoisotopic (exact) mass is 242 g/mol. The Hall–Kier alpha value is -1.26. The minimum absolute atomic E-state index is 0.255. The second-order valence-corrected chi connectivity index (χ2v) is 4.59. The Morgan fingerprint density at radius 3 is 2.41 bits per heavy atom. The fraction of sp³-hybridized carbons (Fsp3) is 0.833. The first kappa shape index (κ1) is 13.8. The van der Waals surface area contributed by atoms with Gasteiger partial charge in [0.1, 0.15) is 6.04 Å². The number of carboxylic acids is 1. The van der Waals surface area contributed by atoms with Crippen molar-refractivity contribution in [2.45, 2.75) is 58.0 Å². The number of hydrogen-bond acceptors (Lipinski definition) is 2. The highest BCUT2D eigenvalue weighted by Crippen LogP contribution is 2.22. The smallest absolute Gasteiger partial charge is 0.325 e. The van der Waals surface area contributed by atoms with Crippen LogP contribution in [0.2, 0.25) is 0 Å². The minimum Gasteiger partial charge on any atom is -0.480 e. The van der Waals surface area contributed by atoms with Gasteiger partial charge in [-0.15, -0.1) is 0 Å². The van der Waals surface area contributed by atoms with Crippen LogP contribution in [0.15, 0.2) is 0 Å². The Balaban J connectivity index is 2.53. The normalized spacial score (nSPS) is 18.5. The first-order chi connectivity index (χ1) is 8.06. The summed E-state index contributed by atoms with van der Waals surface area (Å²) in [5.74, 6) is -1.00. The highest BCUT2D eigenvalue weighted by Gasteiger charge is 2.25. The molecule has 1 atom stereocenters. The van der Waals surface area contributed by atoms with Gasteiger partial charge in [0.15, 0.2) is 0 Å². The van der Waals surface area contributed by atoms with Gasteiger partial charge in [-0.2, -0.15) is 0 Å². The molecule has 1 unspecified atom stereocenters. The fourth-order valence-corrected chi connectivity index (χ4v) is 2.29. The Morgan fingerprint density at radius 2 is 1.94 bits per heavy atom. The van der Waals surface area contributed by atoms with Crippen molar-refractivity contribution in [1.82, 2.24) is 10.2 Å². The van der Waals surface area contributed by atoms with Crippen LogP contribution in [0.5, 0.6) is 0 Å². The van der Waals surface area contributed by atoms with Gasteiger partial charge >= 0.3 is 12.0 Å². The molecule has 0 saturated heterocycles. The standard InChI is InChI=1S/C12H22N2O3/c1-3-14(10-7-5-4-6-8-10)12(17)13-9(2)11(15)16/h9-10H,3-8H2,1-2H3,(H,13,17)(H,15,16). The Kier molecular flexibility index (Phi) is 5.25. The van der Waals surface area contributed by atoms with Crippen LogP contribution in [0.4, 0.5) is 4.79 Å². The molecule has 1 saturated carbocycles. The third-order valence-electron chi connectivity index (χ3n) is 3.33. The molecule has 2 amide bonds. The van der Waals surface area contributed by atoms with Gasteiger partial charge in [0.25, 0.3) is 0 Å². The second-order valence-electron chi connectivity index (χ2n) is 4.59. The van der Waals surface area contributed by atoms with E-state index in [9.17, 15) is 9.59 Å². The van der Waals surface area contributed by atoms with Gasteiger partial charge in [0.05, 0.1) is 0 Å². The van der Waals surface area contributed by atoms with E-state index < -0.39 is 12.0 Å². The van der Waals surface area contributed by atoms with Crippen LogP contribution in [-0.2, 0) is 4.79 Å². The highest BCUT2D eigenvalue weighted by molar-refractivity contribution is 5.82. The first-order valence-electron chi connectivity index (χ1n) is 6.36. The molecule has 0 spiro atoms.